The Labute approximate surface area is 147 Å². The Balaban J connectivity index is 1.96. The number of anilines is 2. The van der Waals surface area contributed by atoms with Gasteiger partial charge in [0.2, 0.25) is 0 Å². The van der Waals surface area contributed by atoms with E-state index in [1.807, 2.05) is 12.1 Å². The minimum Gasteiger partial charge on any atom is -0.332 e. The molecule has 2 aromatic carbocycles. The van der Waals surface area contributed by atoms with Crippen molar-refractivity contribution in [3.63, 3.8) is 0 Å². The summed E-state index contributed by atoms with van der Waals surface area (Å²) in [4.78, 5) is 10.4. The van der Waals surface area contributed by atoms with Crippen molar-refractivity contribution in [1.29, 1.82) is 0 Å². The number of nitrogens with zero attached hydrogens (tertiary/aromatic N) is 1. The zero-order valence-electron chi connectivity index (χ0n) is 13.8. The summed E-state index contributed by atoms with van der Waals surface area (Å²) < 4.78 is 0. The fourth-order valence-corrected chi connectivity index (χ4v) is 2.55. The highest BCUT2D eigenvalue weighted by Crippen LogP contribution is 2.21. The molecule has 2 N–H and O–H groups in total. The Morgan fingerprint density at radius 2 is 1.88 bits per heavy atom. The van der Waals surface area contributed by atoms with Crippen LogP contribution in [0.1, 0.15) is 30.9 Å². The molecule has 0 saturated carbocycles. The standard InChI is InChI=1S/C18H21N3O2S/c1-3-4-5-14-6-8-15(9-7-14)19-18(24)20-17-11-10-16(21(22)23)12-13(17)2/h6-12H,3-5H2,1-2H3,(H2,19,20,24). The van der Waals surface area contributed by atoms with Crippen LogP contribution < -0.4 is 10.6 Å². The van der Waals surface area contributed by atoms with Crippen molar-refractivity contribution in [1.82, 2.24) is 0 Å². The molecule has 0 heterocycles. The van der Waals surface area contributed by atoms with Gasteiger partial charge < -0.3 is 10.6 Å². The van der Waals surface area contributed by atoms with E-state index in [1.165, 1.54) is 30.5 Å². The molecule has 0 amide bonds. The lowest BCUT2D eigenvalue weighted by atomic mass is 10.1. The molecule has 0 aromatic heterocycles. The van der Waals surface area contributed by atoms with Gasteiger partial charge in [-0.25, -0.2) is 0 Å². The van der Waals surface area contributed by atoms with Gasteiger partial charge in [0, 0.05) is 23.5 Å². The summed E-state index contributed by atoms with van der Waals surface area (Å²) in [6.45, 7) is 3.99. The topological polar surface area (TPSA) is 67.2 Å². The summed E-state index contributed by atoms with van der Waals surface area (Å²) in [5, 5.41) is 17.4. The largest absolute Gasteiger partial charge is 0.332 e. The first kappa shape index (κ1) is 17.9. The maximum atomic E-state index is 10.8. The van der Waals surface area contributed by atoms with Crippen molar-refractivity contribution in [2.24, 2.45) is 0 Å². The summed E-state index contributed by atoms with van der Waals surface area (Å²) in [6.07, 6.45) is 3.45. The van der Waals surface area contributed by atoms with E-state index < -0.39 is 4.92 Å². The lowest BCUT2D eigenvalue weighted by Gasteiger charge is -2.13. The lowest BCUT2D eigenvalue weighted by molar-refractivity contribution is -0.384. The van der Waals surface area contributed by atoms with Gasteiger partial charge in [-0.2, -0.15) is 0 Å². The molecule has 6 heteroatoms. The SMILES string of the molecule is CCCCc1ccc(NC(=S)Nc2ccc([N+](=O)[O-])cc2C)cc1. The highest BCUT2D eigenvalue weighted by molar-refractivity contribution is 7.80. The minimum atomic E-state index is -0.409. The minimum absolute atomic E-state index is 0.0691. The summed E-state index contributed by atoms with van der Waals surface area (Å²) in [5.74, 6) is 0. The van der Waals surface area contributed by atoms with Crippen LogP contribution in [-0.4, -0.2) is 10.0 Å². The van der Waals surface area contributed by atoms with Gasteiger partial charge >= 0.3 is 0 Å². The number of benzene rings is 2. The number of unbranched alkanes of at least 4 members (excludes halogenated alkanes) is 1. The molecule has 0 bridgehead atoms. The predicted octanol–water partition coefficient (Wildman–Crippen LogP) is 5.05. The molecule has 0 aliphatic carbocycles. The summed E-state index contributed by atoms with van der Waals surface area (Å²) in [6, 6.07) is 12.8. The lowest BCUT2D eigenvalue weighted by Crippen LogP contribution is -2.19. The van der Waals surface area contributed by atoms with Crippen molar-refractivity contribution in [3.05, 3.63) is 63.7 Å². The van der Waals surface area contributed by atoms with Crippen LogP contribution in [-0.2, 0) is 6.42 Å². The first-order valence-corrected chi connectivity index (χ1v) is 8.32. The third-order valence-corrected chi connectivity index (χ3v) is 3.90. The van der Waals surface area contributed by atoms with Crippen LogP contribution in [0.25, 0.3) is 0 Å². The van der Waals surface area contributed by atoms with Crippen LogP contribution in [0.4, 0.5) is 17.1 Å². The summed E-state index contributed by atoms with van der Waals surface area (Å²) in [5.41, 5.74) is 3.81. The number of hydrogen-bond donors (Lipinski definition) is 2. The molecular formula is C18H21N3O2S. The van der Waals surface area contributed by atoms with Gasteiger partial charge in [0.15, 0.2) is 5.11 Å². The van der Waals surface area contributed by atoms with Crippen molar-refractivity contribution in [3.8, 4) is 0 Å². The Kier molecular flexibility index (Phi) is 6.26. The van der Waals surface area contributed by atoms with Gasteiger partial charge in [0.05, 0.1) is 4.92 Å². The van der Waals surface area contributed by atoms with E-state index in [-0.39, 0.29) is 5.69 Å². The maximum absolute atomic E-state index is 10.8. The first-order valence-electron chi connectivity index (χ1n) is 7.91. The second-order valence-corrected chi connectivity index (χ2v) is 6.04. The summed E-state index contributed by atoms with van der Waals surface area (Å²) >= 11 is 5.31. The van der Waals surface area contributed by atoms with Gasteiger partial charge in [-0.05, 0) is 61.3 Å². The van der Waals surface area contributed by atoms with Gasteiger partial charge in [-0.1, -0.05) is 25.5 Å². The normalized spacial score (nSPS) is 10.2. The Morgan fingerprint density at radius 1 is 1.17 bits per heavy atom. The molecule has 0 spiro atoms. The third kappa shape index (κ3) is 5.03. The third-order valence-electron chi connectivity index (χ3n) is 3.70. The van der Waals surface area contributed by atoms with Crippen LogP contribution in [0, 0.1) is 17.0 Å². The second kappa shape index (κ2) is 8.40. The molecule has 24 heavy (non-hydrogen) atoms. The zero-order chi connectivity index (χ0) is 17.5. The number of rotatable bonds is 6. The van der Waals surface area contributed by atoms with Gasteiger partial charge in [-0.3, -0.25) is 10.1 Å². The van der Waals surface area contributed by atoms with E-state index in [9.17, 15) is 10.1 Å². The van der Waals surface area contributed by atoms with E-state index >= 15 is 0 Å². The van der Waals surface area contributed by atoms with Gasteiger partial charge in [-0.15, -0.1) is 0 Å². The van der Waals surface area contributed by atoms with Crippen LogP contribution in [0.3, 0.4) is 0 Å². The molecule has 0 radical (unpaired) electrons. The molecule has 0 fully saturated rings. The molecule has 0 aliphatic heterocycles. The number of aryl methyl sites for hydroxylation is 2. The second-order valence-electron chi connectivity index (χ2n) is 5.64. The van der Waals surface area contributed by atoms with Crippen molar-refractivity contribution < 1.29 is 4.92 Å². The van der Waals surface area contributed by atoms with Crippen LogP contribution in [0.2, 0.25) is 0 Å². The molecule has 2 rings (SSSR count). The van der Waals surface area contributed by atoms with Crippen molar-refractivity contribution in [2.45, 2.75) is 33.1 Å². The van der Waals surface area contributed by atoms with Gasteiger partial charge in [0.1, 0.15) is 0 Å². The number of nitrogens with one attached hydrogen (secondary N) is 2. The average molecular weight is 343 g/mol. The highest BCUT2D eigenvalue weighted by atomic mass is 32.1. The first-order chi connectivity index (χ1) is 11.5. The summed E-state index contributed by atoms with van der Waals surface area (Å²) in [7, 11) is 0. The number of nitro groups is 1. The fraction of sp³-hybridized carbons (Fsp3) is 0.278. The van der Waals surface area contributed by atoms with E-state index in [1.54, 1.807) is 13.0 Å². The average Bonchev–Trinajstić information content (AvgIpc) is 2.56. The molecule has 0 atom stereocenters. The smallest absolute Gasteiger partial charge is 0.269 e. The molecule has 5 nitrogen and oxygen atoms in total. The fourth-order valence-electron chi connectivity index (χ4n) is 2.32. The molecule has 0 unspecified atom stereocenters. The van der Waals surface area contributed by atoms with E-state index in [0.29, 0.717) is 5.11 Å². The monoisotopic (exact) mass is 343 g/mol. The van der Waals surface area contributed by atoms with Crippen LogP contribution >= 0.6 is 12.2 Å². The number of thiocarbonyl (C=S) groups is 1. The molecule has 126 valence electrons. The molecule has 0 saturated heterocycles. The van der Waals surface area contributed by atoms with Crippen LogP contribution in [0.15, 0.2) is 42.5 Å². The molecule has 0 aliphatic rings. The highest BCUT2D eigenvalue weighted by Gasteiger charge is 2.09. The Morgan fingerprint density at radius 3 is 2.46 bits per heavy atom. The quantitative estimate of drug-likeness (QED) is 0.436. The number of hydrogen-bond acceptors (Lipinski definition) is 3. The number of non-ortho nitro benzene ring substituents is 1. The molecular weight excluding hydrogens is 322 g/mol. The van der Waals surface area contributed by atoms with E-state index in [2.05, 4.69) is 29.7 Å². The van der Waals surface area contributed by atoms with Crippen LogP contribution in [0.5, 0.6) is 0 Å². The molecule has 2 aromatic rings. The maximum Gasteiger partial charge on any atom is 0.269 e. The zero-order valence-corrected chi connectivity index (χ0v) is 14.7. The van der Waals surface area contributed by atoms with Crippen molar-refractivity contribution >= 4 is 34.4 Å². The van der Waals surface area contributed by atoms with E-state index in [0.717, 1.165) is 23.4 Å². The predicted molar refractivity (Wildman–Crippen MR) is 103 cm³/mol. The van der Waals surface area contributed by atoms with Crippen molar-refractivity contribution in [2.75, 3.05) is 10.6 Å². The Bertz CT molecular complexity index is 730. The Hall–Kier alpha value is -2.47. The van der Waals surface area contributed by atoms with Gasteiger partial charge in [0.25, 0.3) is 5.69 Å². The number of nitro benzene ring substituents is 1. The van der Waals surface area contributed by atoms with E-state index in [4.69, 9.17) is 12.2 Å².